The normalized spacial score (nSPS) is 20.0. The van der Waals surface area contributed by atoms with Crippen molar-refractivity contribution in [1.29, 1.82) is 0 Å². The minimum absolute atomic E-state index is 0.0894. The largest absolute Gasteiger partial charge is 0.348 e. The maximum Gasteiger partial charge on any atom is 0.267 e. The van der Waals surface area contributed by atoms with Crippen LogP contribution in [0.2, 0.25) is 15.1 Å². The van der Waals surface area contributed by atoms with Gasteiger partial charge in [0.25, 0.3) is 5.91 Å². The molecule has 4 rings (SSSR count). The summed E-state index contributed by atoms with van der Waals surface area (Å²) in [5.74, 6) is -0.0894. The Bertz CT molecular complexity index is 937. The van der Waals surface area contributed by atoms with Crippen LogP contribution in [0.3, 0.4) is 0 Å². The first-order valence-corrected chi connectivity index (χ1v) is 11.5. The first-order valence-electron chi connectivity index (χ1n) is 10.4. The van der Waals surface area contributed by atoms with Crippen LogP contribution < -0.4 is 10.3 Å². The first kappa shape index (κ1) is 21.5. The lowest BCUT2D eigenvalue weighted by molar-refractivity contribution is -0.115. The molecule has 0 aromatic heterocycles. The summed E-state index contributed by atoms with van der Waals surface area (Å²) >= 11 is 18.6. The number of rotatable bonds is 4. The number of carbonyl (C=O) groups is 1. The van der Waals surface area contributed by atoms with Crippen molar-refractivity contribution in [2.75, 3.05) is 5.01 Å². The van der Waals surface area contributed by atoms with Crippen molar-refractivity contribution in [2.24, 2.45) is 5.10 Å². The standard InChI is InChI=1S/C23H24Cl3N3O/c24-16-9-7-15(8-10-16)22-14-20(23(30)27-18-5-3-1-2-4-6-18)28-29(22)21-12-11-17(25)13-19(21)26/h7-13,18,22H,1-6,14H2,(H,27,30). The molecule has 1 aliphatic heterocycles. The van der Waals surface area contributed by atoms with Gasteiger partial charge in [-0.1, -0.05) is 72.6 Å². The molecule has 0 saturated heterocycles. The Hall–Kier alpha value is -1.75. The van der Waals surface area contributed by atoms with Crippen LogP contribution in [0, 0.1) is 0 Å². The predicted molar refractivity (Wildman–Crippen MR) is 125 cm³/mol. The Balaban J connectivity index is 1.61. The number of hydrogen-bond acceptors (Lipinski definition) is 3. The molecular formula is C23H24Cl3N3O. The summed E-state index contributed by atoms with van der Waals surface area (Å²) in [6.45, 7) is 0. The fraction of sp³-hybridized carbons (Fsp3) is 0.391. The van der Waals surface area contributed by atoms with E-state index >= 15 is 0 Å². The van der Waals surface area contributed by atoms with Crippen LogP contribution in [0.1, 0.15) is 56.6 Å². The Morgan fingerprint density at radius 2 is 1.60 bits per heavy atom. The quantitative estimate of drug-likeness (QED) is 0.506. The molecular weight excluding hydrogens is 441 g/mol. The molecule has 1 amide bonds. The zero-order valence-electron chi connectivity index (χ0n) is 16.6. The summed E-state index contributed by atoms with van der Waals surface area (Å²) in [5.41, 5.74) is 2.26. The summed E-state index contributed by atoms with van der Waals surface area (Å²) in [5, 5.41) is 11.4. The number of hydrazone groups is 1. The number of amides is 1. The number of halogens is 3. The highest BCUT2D eigenvalue weighted by molar-refractivity contribution is 6.40. The molecule has 158 valence electrons. The summed E-state index contributed by atoms with van der Waals surface area (Å²) < 4.78 is 0. The molecule has 2 aromatic carbocycles. The van der Waals surface area contributed by atoms with Gasteiger partial charge in [-0.3, -0.25) is 9.80 Å². The summed E-state index contributed by atoms with van der Waals surface area (Å²) in [7, 11) is 0. The average molecular weight is 465 g/mol. The number of anilines is 1. The van der Waals surface area contributed by atoms with E-state index in [1.54, 1.807) is 12.1 Å². The topological polar surface area (TPSA) is 44.7 Å². The Morgan fingerprint density at radius 1 is 0.933 bits per heavy atom. The molecule has 0 bridgehead atoms. The fourth-order valence-electron chi connectivity index (χ4n) is 4.17. The second kappa shape index (κ2) is 9.59. The van der Waals surface area contributed by atoms with E-state index in [0.717, 1.165) is 36.9 Å². The highest BCUT2D eigenvalue weighted by Gasteiger charge is 2.34. The molecule has 1 heterocycles. The third kappa shape index (κ3) is 4.93. The average Bonchev–Trinajstić information content (AvgIpc) is 3.00. The van der Waals surface area contributed by atoms with E-state index in [1.165, 1.54) is 12.8 Å². The lowest BCUT2D eigenvalue weighted by Crippen LogP contribution is -2.38. The van der Waals surface area contributed by atoms with Crippen molar-refractivity contribution in [1.82, 2.24) is 5.32 Å². The molecule has 1 unspecified atom stereocenters. The lowest BCUT2D eigenvalue weighted by Gasteiger charge is -2.25. The van der Waals surface area contributed by atoms with Gasteiger partial charge in [0.2, 0.25) is 0 Å². The van der Waals surface area contributed by atoms with Gasteiger partial charge in [0.1, 0.15) is 5.71 Å². The van der Waals surface area contributed by atoms with Crippen LogP contribution in [-0.2, 0) is 4.79 Å². The Morgan fingerprint density at radius 3 is 2.27 bits per heavy atom. The van der Waals surface area contributed by atoms with Gasteiger partial charge >= 0.3 is 0 Å². The van der Waals surface area contributed by atoms with Crippen LogP contribution in [0.15, 0.2) is 47.6 Å². The molecule has 7 heteroatoms. The van der Waals surface area contributed by atoms with Crippen molar-refractivity contribution in [3.63, 3.8) is 0 Å². The molecule has 1 aliphatic carbocycles. The molecule has 1 atom stereocenters. The minimum atomic E-state index is -0.143. The van der Waals surface area contributed by atoms with Crippen molar-refractivity contribution < 1.29 is 4.79 Å². The van der Waals surface area contributed by atoms with Gasteiger partial charge in [0.15, 0.2) is 0 Å². The number of carbonyl (C=O) groups excluding carboxylic acids is 1. The second-order valence-electron chi connectivity index (χ2n) is 7.92. The van der Waals surface area contributed by atoms with Gasteiger partial charge in [-0.25, -0.2) is 0 Å². The van der Waals surface area contributed by atoms with Crippen LogP contribution >= 0.6 is 34.8 Å². The molecule has 0 spiro atoms. The fourth-order valence-corrected chi connectivity index (χ4v) is 4.79. The molecule has 0 radical (unpaired) electrons. The SMILES string of the molecule is O=C(NC1CCCCCC1)C1=NN(c2ccc(Cl)cc2Cl)C(c2ccc(Cl)cc2)C1. The van der Waals surface area contributed by atoms with Crippen LogP contribution in [0.25, 0.3) is 0 Å². The second-order valence-corrected chi connectivity index (χ2v) is 9.20. The van der Waals surface area contributed by atoms with E-state index in [4.69, 9.17) is 39.9 Å². The number of benzene rings is 2. The first-order chi connectivity index (χ1) is 14.5. The molecule has 1 saturated carbocycles. The van der Waals surface area contributed by atoms with Crippen molar-refractivity contribution in [3.05, 3.63) is 63.1 Å². The molecule has 2 aromatic rings. The molecule has 2 aliphatic rings. The van der Waals surface area contributed by atoms with E-state index in [0.29, 0.717) is 27.2 Å². The van der Waals surface area contributed by atoms with Gasteiger partial charge in [-0.2, -0.15) is 5.10 Å². The van der Waals surface area contributed by atoms with E-state index in [1.807, 2.05) is 35.3 Å². The van der Waals surface area contributed by atoms with Crippen molar-refractivity contribution >= 4 is 52.1 Å². The van der Waals surface area contributed by atoms with E-state index < -0.39 is 0 Å². The third-order valence-corrected chi connectivity index (χ3v) is 6.56. The van der Waals surface area contributed by atoms with Gasteiger partial charge < -0.3 is 5.32 Å². The van der Waals surface area contributed by atoms with Gasteiger partial charge in [-0.05, 0) is 48.7 Å². The summed E-state index contributed by atoms with van der Waals surface area (Å²) in [6.07, 6.45) is 7.39. The van der Waals surface area contributed by atoms with Crippen molar-refractivity contribution in [2.45, 2.75) is 57.0 Å². The summed E-state index contributed by atoms with van der Waals surface area (Å²) in [4.78, 5) is 13.0. The highest BCUT2D eigenvalue weighted by Crippen LogP contribution is 2.40. The zero-order chi connectivity index (χ0) is 21.1. The van der Waals surface area contributed by atoms with E-state index in [9.17, 15) is 4.79 Å². The zero-order valence-corrected chi connectivity index (χ0v) is 18.9. The number of nitrogens with one attached hydrogen (secondary N) is 1. The smallest absolute Gasteiger partial charge is 0.267 e. The monoisotopic (exact) mass is 463 g/mol. The maximum atomic E-state index is 13.0. The number of nitrogens with zero attached hydrogens (tertiary/aromatic N) is 2. The van der Waals surface area contributed by atoms with E-state index in [2.05, 4.69) is 5.32 Å². The molecule has 30 heavy (non-hydrogen) atoms. The lowest BCUT2D eigenvalue weighted by atomic mass is 10.0. The summed E-state index contributed by atoms with van der Waals surface area (Å²) in [6, 6.07) is 13.0. The Labute approximate surface area is 192 Å². The predicted octanol–water partition coefficient (Wildman–Crippen LogP) is 6.79. The van der Waals surface area contributed by atoms with Crippen LogP contribution in [-0.4, -0.2) is 17.7 Å². The molecule has 4 nitrogen and oxygen atoms in total. The maximum absolute atomic E-state index is 13.0. The van der Waals surface area contributed by atoms with Crippen molar-refractivity contribution in [3.8, 4) is 0 Å². The minimum Gasteiger partial charge on any atom is -0.348 e. The molecule has 1 N–H and O–H groups in total. The van der Waals surface area contributed by atoms with Crippen LogP contribution in [0.4, 0.5) is 5.69 Å². The highest BCUT2D eigenvalue weighted by atomic mass is 35.5. The Kier molecular flexibility index (Phi) is 6.87. The number of hydrogen-bond donors (Lipinski definition) is 1. The molecule has 1 fully saturated rings. The third-order valence-electron chi connectivity index (χ3n) is 5.77. The van der Waals surface area contributed by atoms with Gasteiger partial charge in [0, 0.05) is 22.5 Å². The van der Waals surface area contributed by atoms with Crippen LogP contribution in [0.5, 0.6) is 0 Å². The van der Waals surface area contributed by atoms with Gasteiger partial charge in [0.05, 0.1) is 16.8 Å². The van der Waals surface area contributed by atoms with E-state index in [-0.39, 0.29) is 18.0 Å². The van der Waals surface area contributed by atoms with Gasteiger partial charge in [-0.15, -0.1) is 0 Å².